The highest BCUT2D eigenvalue weighted by Gasteiger charge is 2.16. The van der Waals surface area contributed by atoms with Gasteiger partial charge in [-0.05, 0) is 94.0 Å². The number of imidazole rings is 1. The number of hydrogen-bond donors (Lipinski definition) is 0. The van der Waals surface area contributed by atoms with Gasteiger partial charge in [0.2, 0.25) is 0 Å². The zero-order chi connectivity index (χ0) is 34.9. The Morgan fingerprint density at radius 2 is 0.774 bits per heavy atom. The van der Waals surface area contributed by atoms with Crippen LogP contribution in [0.25, 0.3) is 105 Å². The Morgan fingerprint density at radius 1 is 0.340 bits per heavy atom. The summed E-state index contributed by atoms with van der Waals surface area (Å²) in [5.74, 6) is 0.936. The molecule has 0 fully saturated rings. The van der Waals surface area contributed by atoms with Gasteiger partial charge >= 0.3 is 0 Å². The molecule has 0 spiro atoms. The van der Waals surface area contributed by atoms with Crippen molar-refractivity contribution >= 4 is 54.9 Å². The van der Waals surface area contributed by atoms with Crippen LogP contribution in [0.3, 0.4) is 0 Å². The minimum atomic E-state index is 0.857. The van der Waals surface area contributed by atoms with Gasteiger partial charge in [0, 0.05) is 32.8 Å². The largest absolute Gasteiger partial charge is 0.456 e. The van der Waals surface area contributed by atoms with Crippen molar-refractivity contribution in [1.82, 2.24) is 9.55 Å². The van der Waals surface area contributed by atoms with Crippen molar-refractivity contribution in [1.29, 1.82) is 0 Å². The fourth-order valence-corrected chi connectivity index (χ4v) is 7.76. The Morgan fingerprint density at radius 3 is 1.36 bits per heavy atom. The van der Waals surface area contributed by atoms with Gasteiger partial charge in [-0.1, -0.05) is 121 Å². The van der Waals surface area contributed by atoms with E-state index in [0.717, 1.165) is 94.2 Å². The Bertz CT molecular complexity index is 3130. The van der Waals surface area contributed by atoms with Crippen LogP contribution in [0.4, 0.5) is 0 Å². The van der Waals surface area contributed by atoms with Crippen molar-refractivity contribution in [2.45, 2.75) is 0 Å². The molecule has 3 heterocycles. The molecule has 11 aromatic rings. The molecule has 0 N–H and O–H groups in total. The Kier molecular flexibility index (Phi) is 6.52. The summed E-state index contributed by atoms with van der Waals surface area (Å²) in [5.41, 5.74) is 14.7. The summed E-state index contributed by atoms with van der Waals surface area (Å²) in [5, 5.41) is 4.27. The van der Waals surface area contributed by atoms with E-state index in [0.29, 0.717) is 0 Å². The lowest BCUT2D eigenvalue weighted by Gasteiger charge is -2.11. The molecule has 4 nitrogen and oxygen atoms in total. The molecule has 0 amide bonds. The summed E-state index contributed by atoms with van der Waals surface area (Å²) < 4.78 is 15.0. The molecule has 0 aliphatic heterocycles. The van der Waals surface area contributed by atoms with Crippen molar-refractivity contribution in [3.63, 3.8) is 0 Å². The first kappa shape index (κ1) is 29.5. The molecular weight excluding hydrogens is 649 g/mol. The average molecular weight is 679 g/mol. The highest BCUT2D eigenvalue weighted by molar-refractivity contribution is 6.15. The number of fused-ring (bicyclic) bond motifs is 7. The molecule has 0 aliphatic rings. The highest BCUT2D eigenvalue weighted by Crippen LogP contribution is 2.39. The van der Waals surface area contributed by atoms with Crippen LogP contribution in [0.2, 0.25) is 0 Å². The number of rotatable bonds is 5. The third-order valence-electron chi connectivity index (χ3n) is 10.4. The first-order valence-corrected chi connectivity index (χ1v) is 17.9. The summed E-state index contributed by atoms with van der Waals surface area (Å²) in [6, 6.07) is 63.8. The van der Waals surface area contributed by atoms with E-state index in [9.17, 15) is 0 Å². The van der Waals surface area contributed by atoms with E-state index < -0.39 is 0 Å². The van der Waals surface area contributed by atoms with Crippen molar-refractivity contribution in [3.05, 3.63) is 182 Å². The molecule has 0 radical (unpaired) electrons. The van der Waals surface area contributed by atoms with Crippen LogP contribution in [-0.4, -0.2) is 9.55 Å². The topological polar surface area (TPSA) is 44.1 Å². The van der Waals surface area contributed by atoms with Gasteiger partial charge in [0.15, 0.2) is 0 Å². The summed E-state index contributed by atoms with van der Waals surface area (Å²) in [6.45, 7) is 0. The number of hydrogen-bond acceptors (Lipinski definition) is 3. The average Bonchev–Trinajstić information content (AvgIpc) is 3.91. The van der Waals surface area contributed by atoms with E-state index in [1.807, 2.05) is 18.2 Å². The van der Waals surface area contributed by atoms with Crippen molar-refractivity contribution < 1.29 is 8.83 Å². The predicted octanol–water partition coefficient (Wildman–Crippen LogP) is 13.5. The van der Waals surface area contributed by atoms with Crippen LogP contribution in [-0.2, 0) is 0 Å². The lowest BCUT2D eigenvalue weighted by Crippen LogP contribution is -1.97. The SMILES string of the molecule is c1ccc(-c2ccc3oc4cc5c(cc4c3c2)oc2ccc(-c3ccc(-c4ccc(-n6c(-c7ccccc7)nc7ccccc76)cc4)cc3)cc25)cc1. The smallest absolute Gasteiger partial charge is 0.145 e. The number of aromatic nitrogens is 2. The van der Waals surface area contributed by atoms with Crippen LogP contribution in [0.1, 0.15) is 0 Å². The second-order valence-electron chi connectivity index (χ2n) is 13.6. The van der Waals surface area contributed by atoms with Crippen molar-refractivity contribution in [3.8, 4) is 50.5 Å². The van der Waals surface area contributed by atoms with Crippen LogP contribution in [0.15, 0.2) is 191 Å². The monoisotopic (exact) mass is 678 g/mol. The minimum absolute atomic E-state index is 0.857. The minimum Gasteiger partial charge on any atom is -0.456 e. The van der Waals surface area contributed by atoms with E-state index in [2.05, 4.69) is 168 Å². The third-order valence-corrected chi connectivity index (χ3v) is 10.4. The summed E-state index contributed by atoms with van der Waals surface area (Å²) in [4.78, 5) is 5.00. The molecule has 0 atom stereocenters. The van der Waals surface area contributed by atoms with Crippen LogP contribution in [0.5, 0.6) is 0 Å². The normalized spacial score (nSPS) is 11.8. The van der Waals surface area contributed by atoms with E-state index in [1.54, 1.807) is 0 Å². The fraction of sp³-hybridized carbons (Fsp3) is 0. The van der Waals surface area contributed by atoms with Crippen LogP contribution in [0, 0.1) is 0 Å². The first-order valence-electron chi connectivity index (χ1n) is 17.9. The Labute approximate surface area is 304 Å². The quantitative estimate of drug-likeness (QED) is 0.182. The molecule has 0 bridgehead atoms. The number of furan rings is 2. The van der Waals surface area contributed by atoms with Gasteiger partial charge in [-0.25, -0.2) is 4.98 Å². The lowest BCUT2D eigenvalue weighted by molar-refractivity contribution is 0.664. The number of benzene rings is 8. The summed E-state index contributed by atoms with van der Waals surface area (Å²) >= 11 is 0. The molecule has 0 unspecified atom stereocenters. The molecule has 11 rings (SSSR count). The van der Waals surface area contributed by atoms with E-state index in [1.165, 1.54) is 11.1 Å². The van der Waals surface area contributed by atoms with Crippen molar-refractivity contribution in [2.24, 2.45) is 0 Å². The van der Waals surface area contributed by atoms with Crippen molar-refractivity contribution in [2.75, 3.05) is 0 Å². The Balaban J connectivity index is 0.916. The van der Waals surface area contributed by atoms with Gasteiger partial charge in [0.1, 0.15) is 28.2 Å². The second kappa shape index (κ2) is 11.7. The van der Waals surface area contributed by atoms with Gasteiger partial charge in [0.05, 0.1) is 11.0 Å². The van der Waals surface area contributed by atoms with Gasteiger partial charge in [-0.3, -0.25) is 4.57 Å². The molecule has 0 saturated heterocycles. The maximum atomic E-state index is 6.41. The standard InChI is InChI=1S/C49H30N2O2/c1-3-9-31(10-4-1)36-21-25-45-39(27-36)41-29-48-42(30-47(41)52-45)40-28-37(22-26-46(40)53-48)34-17-15-32(16-18-34)33-19-23-38(24-20-33)51-44-14-8-7-13-43(44)50-49(51)35-11-5-2-6-12-35/h1-30H. The van der Waals surface area contributed by atoms with E-state index in [4.69, 9.17) is 13.8 Å². The first-order chi connectivity index (χ1) is 26.2. The Hall–Kier alpha value is -7.17. The zero-order valence-corrected chi connectivity index (χ0v) is 28.5. The lowest BCUT2D eigenvalue weighted by atomic mass is 9.98. The van der Waals surface area contributed by atoms with Crippen LogP contribution < -0.4 is 0 Å². The van der Waals surface area contributed by atoms with E-state index >= 15 is 0 Å². The van der Waals surface area contributed by atoms with E-state index in [-0.39, 0.29) is 0 Å². The summed E-state index contributed by atoms with van der Waals surface area (Å²) in [7, 11) is 0. The number of nitrogens with zero attached hydrogens (tertiary/aromatic N) is 2. The van der Waals surface area contributed by atoms with Gasteiger partial charge < -0.3 is 8.83 Å². The molecule has 3 aromatic heterocycles. The maximum Gasteiger partial charge on any atom is 0.145 e. The van der Waals surface area contributed by atoms with Gasteiger partial charge in [-0.15, -0.1) is 0 Å². The zero-order valence-electron chi connectivity index (χ0n) is 28.5. The molecule has 0 saturated carbocycles. The third kappa shape index (κ3) is 4.88. The molecule has 0 aliphatic carbocycles. The van der Waals surface area contributed by atoms with Gasteiger partial charge in [0.25, 0.3) is 0 Å². The number of para-hydroxylation sites is 2. The molecular formula is C49H30N2O2. The predicted molar refractivity (Wildman–Crippen MR) is 217 cm³/mol. The molecule has 4 heteroatoms. The van der Waals surface area contributed by atoms with Crippen LogP contribution >= 0.6 is 0 Å². The molecule has 8 aromatic carbocycles. The molecule has 248 valence electrons. The summed E-state index contributed by atoms with van der Waals surface area (Å²) in [6.07, 6.45) is 0. The fourth-order valence-electron chi connectivity index (χ4n) is 7.76. The molecule has 53 heavy (non-hydrogen) atoms. The van der Waals surface area contributed by atoms with Gasteiger partial charge in [-0.2, -0.15) is 0 Å². The highest BCUT2D eigenvalue weighted by atomic mass is 16.3. The second-order valence-corrected chi connectivity index (χ2v) is 13.6. The maximum absolute atomic E-state index is 6.41.